The van der Waals surface area contributed by atoms with Crippen molar-refractivity contribution in [1.82, 2.24) is 0 Å². The molecule has 0 radical (unpaired) electrons. The van der Waals surface area contributed by atoms with Crippen LogP contribution in [0.15, 0.2) is 16.3 Å². The van der Waals surface area contributed by atoms with E-state index in [0.717, 1.165) is 12.8 Å². The van der Waals surface area contributed by atoms with Crippen molar-refractivity contribution >= 4 is 12.1 Å². The van der Waals surface area contributed by atoms with Crippen LogP contribution in [-0.4, -0.2) is 23.8 Å². The Morgan fingerprint density at radius 3 is 2.62 bits per heavy atom. The molecule has 4 heteroatoms. The number of allylic oxidation sites excluding steroid dienone is 1. The maximum atomic E-state index is 10.7. The predicted molar refractivity (Wildman–Crippen MR) is 52.8 cm³/mol. The summed E-state index contributed by atoms with van der Waals surface area (Å²) in [6, 6.07) is 0. The van der Waals surface area contributed by atoms with E-state index in [-0.39, 0.29) is 11.3 Å². The molecule has 0 fully saturated rings. The van der Waals surface area contributed by atoms with Crippen LogP contribution >= 0.6 is 0 Å². The maximum Gasteiger partial charge on any atom is 0.253 e. The predicted octanol–water partition coefficient (Wildman–Crippen LogP) is 1.17. The van der Waals surface area contributed by atoms with Crippen LogP contribution in [-0.2, 0) is 4.79 Å². The van der Waals surface area contributed by atoms with E-state index < -0.39 is 5.91 Å². The Balaban J connectivity index is 4.21. The van der Waals surface area contributed by atoms with E-state index in [0.29, 0.717) is 6.54 Å². The number of hydrogen-bond acceptors (Lipinski definition) is 3. The second-order valence-electron chi connectivity index (χ2n) is 2.75. The molecular formula is C9H16N2O2. The molecule has 0 aromatic carbocycles. The number of nitrogens with two attached hydrogens (primary N) is 1. The first-order valence-electron chi connectivity index (χ1n) is 4.29. The van der Waals surface area contributed by atoms with Crippen molar-refractivity contribution in [3.05, 3.63) is 11.3 Å². The minimum atomic E-state index is -0.653. The van der Waals surface area contributed by atoms with Gasteiger partial charge in [0.2, 0.25) is 0 Å². The van der Waals surface area contributed by atoms with Gasteiger partial charge in [-0.2, -0.15) is 0 Å². The minimum absolute atomic E-state index is 0.0797. The van der Waals surface area contributed by atoms with Crippen molar-refractivity contribution in [1.29, 1.82) is 0 Å². The lowest BCUT2D eigenvalue weighted by atomic mass is 10.2. The highest BCUT2D eigenvalue weighted by atomic mass is 16.3. The molecule has 74 valence electrons. The largest absolute Gasteiger partial charge is 0.512 e. The maximum absolute atomic E-state index is 10.7. The molecule has 4 nitrogen and oxygen atoms in total. The van der Waals surface area contributed by atoms with Gasteiger partial charge in [0.15, 0.2) is 0 Å². The minimum Gasteiger partial charge on any atom is -0.512 e. The SMILES string of the molecule is CCCCN=C/C(C(N)=O)=C(\C)O. The summed E-state index contributed by atoms with van der Waals surface area (Å²) < 4.78 is 0. The zero-order valence-corrected chi connectivity index (χ0v) is 8.08. The summed E-state index contributed by atoms with van der Waals surface area (Å²) in [6.07, 6.45) is 3.34. The van der Waals surface area contributed by atoms with Crippen LogP contribution in [0, 0.1) is 0 Å². The normalized spacial score (nSPS) is 13.1. The third-order valence-corrected chi connectivity index (χ3v) is 1.52. The van der Waals surface area contributed by atoms with Gasteiger partial charge in [0.25, 0.3) is 5.91 Å². The summed E-state index contributed by atoms with van der Waals surface area (Å²) in [4.78, 5) is 14.7. The molecule has 3 N–H and O–H groups in total. The van der Waals surface area contributed by atoms with Crippen molar-refractivity contribution in [3.63, 3.8) is 0 Å². The molecule has 0 aliphatic rings. The van der Waals surface area contributed by atoms with E-state index in [9.17, 15) is 4.79 Å². The van der Waals surface area contributed by atoms with Gasteiger partial charge in [-0.25, -0.2) is 0 Å². The van der Waals surface area contributed by atoms with Crippen molar-refractivity contribution in [2.24, 2.45) is 10.7 Å². The van der Waals surface area contributed by atoms with E-state index in [2.05, 4.69) is 11.9 Å². The fraction of sp³-hybridized carbons (Fsp3) is 0.556. The van der Waals surface area contributed by atoms with Gasteiger partial charge < -0.3 is 10.8 Å². The number of aliphatic hydroxyl groups excluding tert-OH is 1. The van der Waals surface area contributed by atoms with Gasteiger partial charge >= 0.3 is 0 Å². The van der Waals surface area contributed by atoms with Crippen LogP contribution in [0.25, 0.3) is 0 Å². The molecule has 0 aromatic rings. The standard InChI is InChI=1S/C9H16N2O2/c1-3-4-5-11-6-8(7(2)12)9(10)13/h6,12H,3-5H2,1-2H3,(H2,10,13)/b8-7-,11-6?. The number of aliphatic hydroxyl groups is 1. The zero-order chi connectivity index (χ0) is 10.3. The van der Waals surface area contributed by atoms with Gasteiger partial charge in [0, 0.05) is 12.8 Å². The molecule has 0 aromatic heterocycles. The van der Waals surface area contributed by atoms with Crippen LogP contribution in [0.2, 0.25) is 0 Å². The van der Waals surface area contributed by atoms with Gasteiger partial charge in [-0.3, -0.25) is 9.79 Å². The Hall–Kier alpha value is -1.32. The number of rotatable bonds is 5. The van der Waals surface area contributed by atoms with Crippen molar-refractivity contribution in [2.45, 2.75) is 26.7 Å². The number of primary amides is 1. The molecule has 1 amide bonds. The molecule has 0 atom stereocenters. The van der Waals surface area contributed by atoms with E-state index in [1.165, 1.54) is 13.1 Å². The molecule has 0 saturated heterocycles. The molecule has 0 unspecified atom stereocenters. The topological polar surface area (TPSA) is 75.7 Å². The highest BCUT2D eigenvalue weighted by molar-refractivity contribution is 6.11. The van der Waals surface area contributed by atoms with Crippen LogP contribution in [0.4, 0.5) is 0 Å². The van der Waals surface area contributed by atoms with E-state index in [4.69, 9.17) is 10.8 Å². The number of hydrogen-bond donors (Lipinski definition) is 2. The summed E-state index contributed by atoms with van der Waals surface area (Å²) in [6.45, 7) is 4.12. The van der Waals surface area contributed by atoms with Gasteiger partial charge in [-0.05, 0) is 13.3 Å². The van der Waals surface area contributed by atoms with Crippen molar-refractivity contribution < 1.29 is 9.90 Å². The van der Waals surface area contributed by atoms with Gasteiger partial charge in [-0.1, -0.05) is 13.3 Å². The summed E-state index contributed by atoms with van der Waals surface area (Å²) in [7, 11) is 0. The number of amides is 1. The second-order valence-corrected chi connectivity index (χ2v) is 2.75. The lowest BCUT2D eigenvalue weighted by Gasteiger charge is -1.96. The Bertz CT molecular complexity index is 228. The highest BCUT2D eigenvalue weighted by Gasteiger charge is 2.04. The monoisotopic (exact) mass is 184 g/mol. The first-order valence-corrected chi connectivity index (χ1v) is 4.29. The Kier molecular flexibility index (Phi) is 5.59. The Morgan fingerprint density at radius 2 is 2.23 bits per heavy atom. The summed E-state index contributed by atoms with van der Waals surface area (Å²) in [5, 5.41) is 9.03. The van der Waals surface area contributed by atoms with Gasteiger partial charge in [0.1, 0.15) is 5.76 Å². The molecule has 0 bridgehead atoms. The van der Waals surface area contributed by atoms with E-state index >= 15 is 0 Å². The van der Waals surface area contributed by atoms with Crippen molar-refractivity contribution in [2.75, 3.05) is 6.54 Å². The van der Waals surface area contributed by atoms with E-state index in [1.807, 2.05) is 0 Å². The molecular weight excluding hydrogens is 168 g/mol. The Labute approximate surface area is 78.2 Å². The molecule has 0 aliphatic carbocycles. The summed E-state index contributed by atoms with van der Waals surface area (Å²) >= 11 is 0. The number of unbranched alkanes of at least 4 members (excludes halogenated alkanes) is 1. The van der Waals surface area contributed by atoms with E-state index in [1.54, 1.807) is 0 Å². The number of carbonyl (C=O) groups excluding carboxylic acids is 1. The fourth-order valence-electron chi connectivity index (χ4n) is 0.741. The Morgan fingerprint density at radius 1 is 1.62 bits per heavy atom. The second kappa shape index (κ2) is 6.22. The smallest absolute Gasteiger partial charge is 0.253 e. The fourth-order valence-corrected chi connectivity index (χ4v) is 0.741. The first-order chi connectivity index (χ1) is 6.09. The van der Waals surface area contributed by atoms with Crippen LogP contribution in [0.3, 0.4) is 0 Å². The summed E-state index contributed by atoms with van der Waals surface area (Å²) in [5.41, 5.74) is 5.08. The quantitative estimate of drug-likeness (QED) is 0.291. The van der Waals surface area contributed by atoms with Crippen LogP contribution in [0.5, 0.6) is 0 Å². The lowest BCUT2D eigenvalue weighted by molar-refractivity contribution is -0.114. The number of carbonyl (C=O) groups is 1. The molecule has 0 spiro atoms. The highest BCUT2D eigenvalue weighted by Crippen LogP contribution is 1.97. The molecule has 13 heavy (non-hydrogen) atoms. The third kappa shape index (κ3) is 5.00. The van der Waals surface area contributed by atoms with Crippen molar-refractivity contribution in [3.8, 4) is 0 Å². The molecule has 0 saturated carbocycles. The first kappa shape index (κ1) is 11.7. The number of aliphatic imine (C=N–C) groups is 1. The average Bonchev–Trinajstić information content (AvgIpc) is 2.02. The van der Waals surface area contributed by atoms with Gasteiger partial charge in [0.05, 0.1) is 5.57 Å². The zero-order valence-electron chi connectivity index (χ0n) is 8.08. The number of nitrogens with zero attached hydrogens (tertiary/aromatic N) is 1. The summed E-state index contributed by atoms with van der Waals surface area (Å²) in [5.74, 6) is -0.743. The van der Waals surface area contributed by atoms with Gasteiger partial charge in [-0.15, -0.1) is 0 Å². The third-order valence-electron chi connectivity index (χ3n) is 1.52. The molecule has 0 heterocycles. The lowest BCUT2D eigenvalue weighted by Crippen LogP contribution is -2.16. The average molecular weight is 184 g/mol. The molecule has 0 aliphatic heterocycles. The van der Waals surface area contributed by atoms with Crippen LogP contribution < -0.4 is 5.73 Å². The molecule has 0 rings (SSSR count). The van der Waals surface area contributed by atoms with Crippen LogP contribution in [0.1, 0.15) is 26.7 Å².